The van der Waals surface area contributed by atoms with Crippen LogP contribution in [0.1, 0.15) is 29.8 Å². The zero-order valence-corrected chi connectivity index (χ0v) is 18.1. The molecule has 0 saturated heterocycles. The molecule has 1 aliphatic carbocycles. The van der Waals surface area contributed by atoms with Crippen molar-refractivity contribution in [1.29, 1.82) is 0 Å². The molecule has 0 atom stereocenters. The van der Waals surface area contributed by atoms with Gasteiger partial charge in [-0.05, 0) is 47.7 Å². The summed E-state index contributed by atoms with van der Waals surface area (Å²) in [6.45, 7) is 0. The predicted molar refractivity (Wildman–Crippen MR) is 126 cm³/mol. The zero-order valence-electron chi connectivity index (χ0n) is 18.1. The second-order valence-corrected chi connectivity index (χ2v) is 8.40. The van der Waals surface area contributed by atoms with Crippen molar-refractivity contribution < 1.29 is 5.11 Å². The van der Waals surface area contributed by atoms with Crippen LogP contribution < -0.4 is 16.4 Å². The first-order valence-corrected chi connectivity index (χ1v) is 11.1. The lowest BCUT2D eigenvalue weighted by Gasteiger charge is -2.06. The number of aromatic hydroxyl groups is 1. The van der Waals surface area contributed by atoms with Crippen molar-refractivity contribution in [3.63, 3.8) is 0 Å². The molecule has 3 N–H and O–H groups in total. The lowest BCUT2D eigenvalue weighted by atomic mass is 10.0. The van der Waals surface area contributed by atoms with Crippen molar-refractivity contribution in [2.45, 2.75) is 25.3 Å². The number of fused-ring (bicyclic) bond motifs is 1. The number of hydrogen-bond acceptors (Lipinski definition) is 6. The summed E-state index contributed by atoms with van der Waals surface area (Å²) in [6, 6.07) is 14.7. The monoisotopic (exact) mass is 451 g/mol. The Kier molecular flexibility index (Phi) is 4.80. The van der Waals surface area contributed by atoms with Crippen LogP contribution in [-0.4, -0.2) is 40.7 Å². The van der Waals surface area contributed by atoms with E-state index < -0.39 is 5.69 Å². The number of nitrogens with zero attached hydrogens (tertiary/aromatic N) is 5. The van der Waals surface area contributed by atoms with Gasteiger partial charge in [0.25, 0.3) is 0 Å². The molecule has 0 bridgehead atoms. The Morgan fingerprint density at radius 2 is 1.85 bits per heavy atom. The molecule has 0 unspecified atom stereocenters. The maximum absolute atomic E-state index is 11.5. The second kappa shape index (κ2) is 8.11. The molecule has 0 aliphatic heterocycles. The maximum Gasteiger partial charge on any atom is 0.326 e. The van der Waals surface area contributed by atoms with Crippen LogP contribution in [0.5, 0.6) is 5.88 Å². The molecule has 9 nitrogen and oxygen atoms in total. The standard InChI is InChI=1S/C25H21N7O2/c33-24-21(30-25(34)31-24)12-18-14-27-32-22(28-19-5-6-19)13-20(29-23(18)32)11-15-1-3-16(4-2-15)17-7-9-26-10-8-17/h1-4,7-10,12-14,19,33H,5-6,11H2,(H2,30,31,34). The van der Waals surface area contributed by atoms with Gasteiger partial charge in [0, 0.05) is 30.1 Å². The smallest absolute Gasteiger partial charge is 0.326 e. The first-order valence-electron chi connectivity index (χ1n) is 11.1. The summed E-state index contributed by atoms with van der Waals surface area (Å²) in [7, 11) is 0. The summed E-state index contributed by atoms with van der Waals surface area (Å²) in [5.41, 5.74) is 5.42. The quantitative estimate of drug-likeness (QED) is 0.375. The SMILES string of the molecule is O=c1[nH]c(O)c(C=c2cnn3c(=NC4CC4)cc(Cc4ccc(-c5ccncc5)cc4)nc23)[nH]1. The minimum atomic E-state index is -0.478. The number of benzene rings is 1. The van der Waals surface area contributed by atoms with Crippen LogP contribution in [0.4, 0.5) is 0 Å². The van der Waals surface area contributed by atoms with Crippen molar-refractivity contribution in [3.05, 3.63) is 99.2 Å². The topological polar surface area (TPSA) is 124 Å². The van der Waals surface area contributed by atoms with Gasteiger partial charge >= 0.3 is 5.69 Å². The van der Waals surface area contributed by atoms with Gasteiger partial charge in [-0.2, -0.15) is 9.61 Å². The molecule has 1 aromatic carbocycles. The average Bonchev–Trinajstić information content (AvgIpc) is 3.48. The number of aromatic amines is 2. The Balaban J connectivity index is 1.41. The Labute approximate surface area is 193 Å². The van der Waals surface area contributed by atoms with Crippen LogP contribution in [0, 0.1) is 0 Å². The highest BCUT2D eigenvalue weighted by Gasteiger charge is 2.20. The van der Waals surface area contributed by atoms with Gasteiger partial charge in [0.15, 0.2) is 11.1 Å². The first-order chi connectivity index (χ1) is 16.6. The van der Waals surface area contributed by atoms with Crippen LogP contribution in [0.15, 0.2) is 70.8 Å². The maximum atomic E-state index is 11.5. The van der Waals surface area contributed by atoms with E-state index in [0.29, 0.717) is 23.3 Å². The Morgan fingerprint density at radius 3 is 2.56 bits per heavy atom. The van der Waals surface area contributed by atoms with Gasteiger partial charge in [-0.1, -0.05) is 24.3 Å². The second-order valence-electron chi connectivity index (χ2n) is 8.40. The van der Waals surface area contributed by atoms with Crippen LogP contribution >= 0.6 is 0 Å². The molecule has 168 valence electrons. The molecule has 0 spiro atoms. The largest absolute Gasteiger partial charge is 0.493 e. The molecular weight excluding hydrogens is 430 g/mol. The molecule has 1 fully saturated rings. The third-order valence-corrected chi connectivity index (χ3v) is 5.78. The first kappa shape index (κ1) is 20.1. The number of imidazole rings is 1. The van der Waals surface area contributed by atoms with Crippen LogP contribution in [-0.2, 0) is 6.42 Å². The van der Waals surface area contributed by atoms with Crippen molar-refractivity contribution in [2.75, 3.05) is 0 Å². The van der Waals surface area contributed by atoms with Gasteiger partial charge in [-0.15, -0.1) is 0 Å². The Morgan fingerprint density at radius 1 is 1.09 bits per heavy atom. The summed E-state index contributed by atoms with van der Waals surface area (Å²) >= 11 is 0. The number of nitrogens with one attached hydrogen (secondary N) is 2. The molecule has 4 aromatic heterocycles. The number of hydrogen-bond donors (Lipinski definition) is 3. The molecule has 4 heterocycles. The highest BCUT2D eigenvalue weighted by Crippen LogP contribution is 2.23. The molecule has 6 rings (SSSR count). The van der Waals surface area contributed by atoms with E-state index in [4.69, 9.17) is 9.98 Å². The minimum Gasteiger partial charge on any atom is -0.493 e. The molecule has 0 radical (unpaired) electrons. The zero-order chi connectivity index (χ0) is 23.1. The number of aromatic nitrogens is 6. The van der Waals surface area contributed by atoms with E-state index in [0.717, 1.165) is 40.7 Å². The fraction of sp³-hybridized carbons (Fsp3) is 0.160. The summed E-state index contributed by atoms with van der Waals surface area (Å²) in [6.07, 6.45) is 9.68. The van der Waals surface area contributed by atoms with Gasteiger partial charge in [0.05, 0.1) is 17.9 Å². The van der Waals surface area contributed by atoms with E-state index in [1.165, 1.54) is 0 Å². The molecule has 34 heavy (non-hydrogen) atoms. The van der Waals surface area contributed by atoms with Gasteiger partial charge in [-0.3, -0.25) is 15.0 Å². The highest BCUT2D eigenvalue weighted by molar-refractivity contribution is 5.63. The van der Waals surface area contributed by atoms with E-state index in [-0.39, 0.29) is 11.6 Å². The van der Waals surface area contributed by atoms with Gasteiger partial charge < -0.3 is 10.1 Å². The summed E-state index contributed by atoms with van der Waals surface area (Å²) in [5, 5.41) is 15.1. The molecule has 0 amide bonds. The number of rotatable bonds is 5. The Hall–Kier alpha value is -4.53. The summed E-state index contributed by atoms with van der Waals surface area (Å²) < 4.78 is 1.71. The average molecular weight is 451 g/mol. The highest BCUT2D eigenvalue weighted by atomic mass is 16.3. The van der Waals surface area contributed by atoms with Crippen LogP contribution in [0.3, 0.4) is 0 Å². The minimum absolute atomic E-state index is 0.224. The molecule has 1 saturated carbocycles. The van der Waals surface area contributed by atoms with Crippen LogP contribution in [0.2, 0.25) is 0 Å². The summed E-state index contributed by atoms with van der Waals surface area (Å²) in [4.78, 5) is 30.1. The van der Waals surface area contributed by atoms with Gasteiger partial charge in [0.2, 0.25) is 5.88 Å². The van der Waals surface area contributed by atoms with Crippen molar-refractivity contribution in [3.8, 4) is 17.0 Å². The van der Waals surface area contributed by atoms with Crippen molar-refractivity contribution >= 4 is 11.7 Å². The van der Waals surface area contributed by atoms with Gasteiger partial charge in [-0.25, -0.2) is 9.78 Å². The number of pyridine rings is 1. The Bertz CT molecular complexity index is 1660. The lowest BCUT2D eigenvalue weighted by molar-refractivity contribution is 0.454. The predicted octanol–water partition coefficient (Wildman–Crippen LogP) is 1.71. The third-order valence-electron chi connectivity index (χ3n) is 5.78. The molecular formula is C25H21N7O2. The summed E-state index contributed by atoms with van der Waals surface area (Å²) in [5.74, 6) is -0.224. The fourth-order valence-electron chi connectivity index (χ4n) is 3.90. The van der Waals surface area contributed by atoms with E-state index in [9.17, 15) is 9.90 Å². The van der Waals surface area contributed by atoms with E-state index >= 15 is 0 Å². The third kappa shape index (κ3) is 3.99. The van der Waals surface area contributed by atoms with E-state index in [2.05, 4.69) is 44.3 Å². The van der Waals surface area contributed by atoms with E-state index in [1.807, 2.05) is 18.2 Å². The van der Waals surface area contributed by atoms with Crippen LogP contribution in [0.25, 0.3) is 22.9 Å². The fourth-order valence-corrected chi connectivity index (χ4v) is 3.90. The van der Waals surface area contributed by atoms with Crippen molar-refractivity contribution in [2.24, 2.45) is 4.99 Å². The molecule has 1 aliphatic rings. The van der Waals surface area contributed by atoms with E-state index in [1.54, 1.807) is 29.2 Å². The normalized spacial score (nSPS) is 14.8. The molecule has 9 heteroatoms. The van der Waals surface area contributed by atoms with Gasteiger partial charge in [0.1, 0.15) is 5.69 Å². The number of H-pyrrole nitrogens is 2. The van der Waals surface area contributed by atoms with Crippen molar-refractivity contribution in [1.82, 2.24) is 29.5 Å². The lowest BCUT2D eigenvalue weighted by Crippen LogP contribution is -2.20. The molecule has 5 aromatic rings.